The van der Waals surface area contributed by atoms with Gasteiger partial charge in [0.05, 0.1) is 0 Å². The van der Waals surface area contributed by atoms with Gasteiger partial charge in [-0.25, -0.2) is 0 Å². The summed E-state index contributed by atoms with van der Waals surface area (Å²) in [4.78, 5) is 4.17. The van der Waals surface area contributed by atoms with E-state index in [0.29, 0.717) is 0 Å². The fraction of sp³-hybridized carbons (Fsp3) is 0.529. The summed E-state index contributed by atoms with van der Waals surface area (Å²) in [5.74, 6) is 2.61. The van der Waals surface area contributed by atoms with Crippen molar-refractivity contribution in [1.82, 2.24) is 10.2 Å². The number of hydrogen-bond acceptors (Lipinski definition) is 4. The van der Waals surface area contributed by atoms with E-state index < -0.39 is 0 Å². The molecule has 1 fully saturated rings. The Labute approximate surface area is 135 Å². The van der Waals surface area contributed by atoms with Gasteiger partial charge in [0.1, 0.15) is 0 Å². The number of thioether (sulfide) groups is 1. The van der Waals surface area contributed by atoms with Crippen LogP contribution in [0, 0.1) is 0 Å². The van der Waals surface area contributed by atoms with Gasteiger partial charge >= 0.3 is 0 Å². The van der Waals surface area contributed by atoms with Crippen LogP contribution in [0.1, 0.15) is 23.8 Å². The summed E-state index contributed by atoms with van der Waals surface area (Å²) >= 11 is 4.07. The smallest absolute Gasteiger partial charge is 0.0349 e. The first-order valence-electron chi connectivity index (χ1n) is 7.88. The molecule has 0 unspecified atom stereocenters. The molecule has 114 valence electrons. The van der Waals surface area contributed by atoms with E-state index in [-0.39, 0.29) is 0 Å². The molecule has 1 aromatic heterocycles. The number of nitrogens with one attached hydrogen (secondary N) is 1. The third kappa shape index (κ3) is 3.81. The minimum atomic E-state index is 1.01. The lowest BCUT2D eigenvalue weighted by Crippen LogP contribution is -2.26. The molecule has 3 rings (SSSR count). The van der Waals surface area contributed by atoms with Crippen LogP contribution in [0.2, 0.25) is 0 Å². The Morgan fingerprint density at radius 3 is 3.00 bits per heavy atom. The first-order chi connectivity index (χ1) is 10.4. The Hall–Kier alpha value is -0.550. The van der Waals surface area contributed by atoms with E-state index in [1.165, 1.54) is 46.0 Å². The van der Waals surface area contributed by atoms with E-state index in [9.17, 15) is 0 Å². The van der Waals surface area contributed by atoms with Gasteiger partial charge in [0.15, 0.2) is 0 Å². The molecule has 0 aliphatic carbocycles. The molecule has 0 spiro atoms. The van der Waals surface area contributed by atoms with Crippen molar-refractivity contribution >= 4 is 33.2 Å². The maximum Gasteiger partial charge on any atom is 0.0349 e. The molecular weight excluding hydrogens is 296 g/mol. The summed E-state index contributed by atoms with van der Waals surface area (Å²) in [6.07, 6.45) is 1.33. The molecule has 2 nitrogen and oxygen atoms in total. The van der Waals surface area contributed by atoms with Gasteiger partial charge in [-0.3, -0.25) is 4.90 Å². The Morgan fingerprint density at radius 1 is 1.19 bits per heavy atom. The summed E-state index contributed by atoms with van der Waals surface area (Å²) < 4.78 is 1.43. The predicted octanol–water partition coefficient (Wildman–Crippen LogP) is 3.95. The number of rotatable bonds is 5. The number of nitrogens with zero attached hydrogens (tertiary/aromatic N) is 1. The molecule has 0 saturated carbocycles. The van der Waals surface area contributed by atoms with Crippen molar-refractivity contribution < 1.29 is 0 Å². The lowest BCUT2D eigenvalue weighted by Gasteiger charge is -2.20. The summed E-state index contributed by atoms with van der Waals surface area (Å²) in [5.41, 5.74) is 1.56. The Bertz CT molecular complexity index is 571. The molecule has 21 heavy (non-hydrogen) atoms. The van der Waals surface area contributed by atoms with Crippen LogP contribution < -0.4 is 5.32 Å². The second-order valence-electron chi connectivity index (χ2n) is 5.52. The molecule has 0 atom stereocenters. The van der Waals surface area contributed by atoms with Crippen LogP contribution in [0.3, 0.4) is 0 Å². The quantitative estimate of drug-likeness (QED) is 0.898. The maximum absolute atomic E-state index is 3.50. The number of benzene rings is 1. The van der Waals surface area contributed by atoms with E-state index in [0.717, 1.165) is 19.6 Å². The molecule has 1 aromatic carbocycles. The van der Waals surface area contributed by atoms with E-state index in [1.807, 2.05) is 11.3 Å². The summed E-state index contributed by atoms with van der Waals surface area (Å²) in [7, 11) is 0. The number of hydrogen-bond donors (Lipinski definition) is 1. The lowest BCUT2D eigenvalue weighted by atomic mass is 10.1. The molecule has 4 heteroatoms. The minimum absolute atomic E-state index is 1.01. The molecule has 1 aliphatic rings. The van der Waals surface area contributed by atoms with Crippen molar-refractivity contribution in [2.45, 2.75) is 26.4 Å². The average Bonchev–Trinajstić information content (AvgIpc) is 2.68. The van der Waals surface area contributed by atoms with Crippen LogP contribution in [0.15, 0.2) is 24.3 Å². The first kappa shape index (κ1) is 15.3. The van der Waals surface area contributed by atoms with Crippen LogP contribution in [0.5, 0.6) is 0 Å². The van der Waals surface area contributed by atoms with E-state index in [4.69, 9.17) is 0 Å². The highest BCUT2D eigenvalue weighted by Crippen LogP contribution is 2.32. The topological polar surface area (TPSA) is 15.3 Å². The second kappa shape index (κ2) is 7.63. The normalized spacial score (nSPS) is 17.2. The van der Waals surface area contributed by atoms with E-state index in [2.05, 4.69) is 53.2 Å². The zero-order chi connectivity index (χ0) is 14.5. The third-order valence-electron chi connectivity index (χ3n) is 4.01. The molecule has 2 heterocycles. The van der Waals surface area contributed by atoms with Crippen LogP contribution in [-0.4, -0.2) is 36.0 Å². The molecule has 1 saturated heterocycles. The average molecular weight is 321 g/mol. The lowest BCUT2D eigenvalue weighted by molar-refractivity contribution is 0.288. The summed E-state index contributed by atoms with van der Waals surface area (Å²) in [5, 5.41) is 4.97. The van der Waals surface area contributed by atoms with Gasteiger partial charge in [0.25, 0.3) is 0 Å². The van der Waals surface area contributed by atoms with Gasteiger partial charge in [0.2, 0.25) is 0 Å². The molecule has 0 bridgehead atoms. The van der Waals surface area contributed by atoms with Crippen molar-refractivity contribution in [2.24, 2.45) is 0 Å². The first-order valence-corrected chi connectivity index (χ1v) is 9.85. The number of thiophene rings is 1. The molecule has 2 aromatic rings. The second-order valence-corrected chi connectivity index (χ2v) is 7.88. The highest BCUT2D eigenvalue weighted by molar-refractivity contribution is 7.99. The van der Waals surface area contributed by atoms with Gasteiger partial charge in [-0.15, -0.1) is 11.3 Å². The van der Waals surface area contributed by atoms with Crippen molar-refractivity contribution in [2.75, 3.05) is 31.1 Å². The zero-order valence-corrected chi connectivity index (χ0v) is 14.4. The minimum Gasteiger partial charge on any atom is -0.312 e. The van der Waals surface area contributed by atoms with Crippen molar-refractivity contribution in [3.63, 3.8) is 0 Å². The van der Waals surface area contributed by atoms with Gasteiger partial charge < -0.3 is 5.32 Å². The SMILES string of the molecule is CCNCc1sc2ccccc2c1CN1CCCSCC1. The van der Waals surface area contributed by atoms with E-state index >= 15 is 0 Å². The maximum atomic E-state index is 3.50. The summed E-state index contributed by atoms with van der Waals surface area (Å²) in [6.45, 7) is 7.82. The zero-order valence-electron chi connectivity index (χ0n) is 12.7. The molecule has 0 radical (unpaired) electrons. The van der Waals surface area contributed by atoms with Gasteiger partial charge in [-0.1, -0.05) is 25.1 Å². The standard InChI is InChI=1S/C17H24N2S2/c1-2-18-12-17-15(13-19-8-5-10-20-11-9-19)14-6-3-4-7-16(14)21-17/h3-4,6-7,18H,2,5,8-13H2,1H3. The van der Waals surface area contributed by atoms with Crippen LogP contribution >= 0.6 is 23.1 Å². The molecule has 1 N–H and O–H groups in total. The van der Waals surface area contributed by atoms with Crippen molar-refractivity contribution in [3.05, 3.63) is 34.7 Å². The van der Waals surface area contributed by atoms with Gasteiger partial charge in [-0.2, -0.15) is 11.8 Å². The van der Waals surface area contributed by atoms with Crippen LogP contribution in [0.4, 0.5) is 0 Å². The Morgan fingerprint density at radius 2 is 2.10 bits per heavy atom. The van der Waals surface area contributed by atoms with Gasteiger partial charge in [0, 0.05) is 35.0 Å². The van der Waals surface area contributed by atoms with Crippen LogP contribution in [0.25, 0.3) is 10.1 Å². The molecule has 1 aliphatic heterocycles. The van der Waals surface area contributed by atoms with Crippen LogP contribution in [-0.2, 0) is 13.1 Å². The third-order valence-corrected chi connectivity index (χ3v) is 6.28. The largest absolute Gasteiger partial charge is 0.312 e. The fourth-order valence-corrected chi connectivity index (χ4v) is 4.99. The Kier molecular flexibility index (Phi) is 5.58. The van der Waals surface area contributed by atoms with Gasteiger partial charge in [-0.05, 0) is 42.3 Å². The van der Waals surface area contributed by atoms with Crippen molar-refractivity contribution in [3.8, 4) is 0 Å². The molecule has 0 amide bonds. The van der Waals surface area contributed by atoms with E-state index in [1.54, 1.807) is 5.56 Å². The highest BCUT2D eigenvalue weighted by atomic mass is 32.2. The fourth-order valence-electron chi connectivity index (χ4n) is 2.88. The number of fused-ring (bicyclic) bond motifs is 1. The van der Waals surface area contributed by atoms with Crippen molar-refractivity contribution in [1.29, 1.82) is 0 Å². The highest BCUT2D eigenvalue weighted by Gasteiger charge is 2.16. The predicted molar refractivity (Wildman–Crippen MR) is 96.4 cm³/mol. The monoisotopic (exact) mass is 320 g/mol. The molecular formula is C17H24N2S2. The Balaban J connectivity index is 1.86. The summed E-state index contributed by atoms with van der Waals surface area (Å²) in [6, 6.07) is 8.89.